The molecule has 4 heteroatoms. The second-order valence-corrected chi connectivity index (χ2v) is 4.73. The molecule has 4 nitrogen and oxygen atoms in total. The van der Waals surface area contributed by atoms with Crippen LogP contribution in [0.4, 0.5) is 0 Å². The van der Waals surface area contributed by atoms with Crippen molar-refractivity contribution in [2.75, 3.05) is 13.2 Å². The minimum absolute atomic E-state index is 0.409. The Hall–Kier alpha value is -0.870. The lowest BCUT2D eigenvalue weighted by Crippen LogP contribution is -2.20. The molecule has 2 aliphatic rings. The molecule has 16 heavy (non-hydrogen) atoms. The Morgan fingerprint density at radius 1 is 1.38 bits per heavy atom. The van der Waals surface area contributed by atoms with Gasteiger partial charge in [0.15, 0.2) is 6.39 Å². The number of nitrogens with zero attached hydrogens (tertiary/aromatic N) is 1. The lowest BCUT2D eigenvalue weighted by Gasteiger charge is -2.20. The second-order valence-electron chi connectivity index (χ2n) is 4.73. The van der Waals surface area contributed by atoms with Gasteiger partial charge in [-0.15, -0.1) is 0 Å². The Morgan fingerprint density at radius 3 is 3.06 bits per heavy atom. The largest absolute Gasteiger partial charge is 0.448 e. The highest BCUT2D eigenvalue weighted by Crippen LogP contribution is 2.28. The first-order valence-electron chi connectivity index (χ1n) is 6.17. The van der Waals surface area contributed by atoms with Crippen LogP contribution in [-0.4, -0.2) is 24.2 Å². The molecule has 1 aliphatic carbocycles. The molecule has 0 bridgehead atoms. The van der Waals surface area contributed by atoms with E-state index in [2.05, 4.69) is 10.3 Å². The van der Waals surface area contributed by atoms with E-state index in [9.17, 15) is 0 Å². The van der Waals surface area contributed by atoms with Gasteiger partial charge in [0.05, 0.1) is 12.3 Å². The number of rotatable bonds is 4. The topological polar surface area (TPSA) is 47.3 Å². The molecule has 1 aromatic heterocycles. The molecule has 1 N–H and O–H groups in total. The Labute approximate surface area is 95.4 Å². The van der Waals surface area contributed by atoms with Crippen LogP contribution in [0, 0.1) is 0 Å². The Balaban J connectivity index is 1.65. The van der Waals surface area contributed by atoms with E-state index in [4.69, 9.17) is 9.15 Å². The van der Waals surface area contributed by atoms with E-state index in [1.807, 2.05) is 0 Å². The number of aromatic nitrogens is 1. The molecule has 1 saturated carbocycles. The Bertz CT molecular complexity index is 341. The van der Waals surface area contributed by atoms with E-state index < -0.39 is 0 Å². The van der Waals surface area contributed by atoms with Gasteiger partial charge in [0.2, 0.25) is 0 Å². The molecule has 0 aromatic carbocycles. The molecular formula is C12H18N2O2. The van der Waals surface area contributed by atoms with Gasteiger partial charge in [-0.2, -0.15) is 0 Å². The maximum atomic E-state index is 5.53. The number of nitrogens with one attached hydrogen (secondary N) is 1. The highest BCUT2D eigenvalue weighted by molar-refractivity contribution is 5.13. The van der Waals surface area contributed by atoms with Gasteiger partial charge in [0.1, 0.15) is 5.76 Å². The standard InChI is InChI=1S/C12H18N2O2/c1-2-9(7-15-5-1)12-11(14-8-16-12)6-13-10-3-4-10/h8-10,13H,1-7H2. The second kappa shape index (κ2) is 4.55. The highest BCUT2D eigenvalue weighted by Gasteiger charge is 2.25. The highest BCUT2D eigenvalue weighted by atomic mass is 16.5. The molecule has 3 rings (SSSR count). The van der Waals surface area contributed by atoms with Gasteiger partial charge in [0, 0.05) is 25.1 Å². The summed E-state index contributed by atoms with van der Waals surface area (Å²) in [6, 6.07) is 0.715. The summed E-state index contributed by atoms with van der Waals surface area (Å²) in [4.78, 5) is 4.31. The van der Waals surface area contributed by atoms with Crippen LogP contribution in [0.25, 0.3) is 0 Å². The molecule has 1 unspecified atom stereocenters. The van der Waals surface area contributed by atoms with Gasteiger partial charge < -0.3 is 14.5 Å². The van der Waals surface area contributed by atoms with E-state index in [0.29, 0.717) is 12.0 Å². The molecule has 1 atom stereocenters. The molecule has 1 aromatic rings. The molecule has 2 fully saturated rings. The van der Waals surface area contributed by atoms with Crippen LogP contribution in [0.5, 0.6) is 0 Å². The summed E-state index contributed by atoms with van der Waals surface area (Å²) in [6.45, 7) is 2.51. The minimum Gasteiger partial charge on any atom is -0.448 e. The molecule has 0 radical (unpaired) electrons. The van der Waals surface area contributed by atoms with Gasteiger partial charge in [-0.1, -0.05) is 0 Å². The Morgan fingerprint density at radius 2 is 2.31 bits per heavy atom. The lowest BCUT2D eigenvalue weighted by molar-refractivity contribution is 0.0738. The number of oxazole rings is 1. The summed E-state index contributed by atoms with van der Waals surface area (Å²) in [5, 5.41) is 3.48. The van der Waals surface area contributed by atoms with Crippen LogP contribution in [0.1, 0.15) is 43.1 Å². The fraction of sp³-hybridized carbons (Fsp3) is 0.750. The molecule has 1 saturated heterocycles. The fourth-order valence-corrected chi connectivity index (χ4v) is 2.22. The minimum atomic E-state index is 0.409. The number of hydrogen-bond acceptors (Lipinski definition) is 4. The fourth-order valence-electron chi connectivity index (χ4n) is 2.22. The summed E-state index contributed by atoms with van der Waals surface area (Å²) in [5.41, 5.74) is 1.07. The average Bonchev–Trinajstić information content (AvgIpc) is 3.05. The summed E-state index contributed by atoms with van der Waals surface area (Å²) in [5.74, 6) is 1.44. The van der Waals surface area contributed by atoms with Crippen molar-refractivity contribution in [3.8, 4) is 0 Å². The lowest BCUT2D eigenvalue weighted by atomic mass is 9.98. The molecule has 0 spiro atoms. The van der Waals surface area contributed by atoms with Crippen molar-refractivity contribution in [1.82, 2.24) is 10.3 Å². The van der Waals surface area contributed by atoms with Gasteiger partial charge >= 0.3 is 0 Å². The predicted octanol–water partition coefficient (Wildman–Crippen LogP) is 1.82. The summed E-state index contributed by atoms with van der Waals surface area (Å²) in [7, 11) is 0. The van der Waals surface area contributed by atoms with Gasteiger partial charge in [-0.3, -0.25) is 0 Å². The summed E-state index contributed by atoms with van der Waals surface area (Å²) in [6.07, 6.45) is 6.46. The van der Waals surface area contributed by atoms with Gasteiger partial charge in [-0.25, -0.2) is 4.98 Å². The van der Waals surface area contributed by atoms with Crippen LogP contribution >= 0.6 is 0 Å². The van der Waals surface area contributed by atoms with E-state index >= 15 is 0 Å². The third-order valence-electron chi connectivity index (χ3n) is 3.34. The van der Waals surface area contributed by atoms with Gasteiger partial charge in [-0.05, 0) is 25.7 Å². The molecule has 2 heterocycles. The predicted molar refractivity (Wildman–Crippen MR) is 59.2 cm³/mol. The van der Waals surface area contributed by atoms with Crippen molar-refractivity contribution in [3.05, 3.63) is 17.8 Å². The van der Waals surface area contributed by atoms with Crippen LogP contribution in [-0.2, 0) is 11.3 Å². The van der Waals surface area contributed by atoms with Crippen molar-refractivity contribution in [2.24, 2.45) is 0 Å². The molecule has 88 valence electrons. The number of hydrogen-bond donors (Lipinski definition) is 1. The first-order valence-corrected chi connectivity index (χ1v) is 6.17. The smallest absolute Gasteiger partial charge is 0.181 e. The number of ether oxygens (including phenoxy) is 1. The maximum Gasteiger partial charge on any atom is 0.181 e. The molecule has 0 amide bonds. The average molecular weight is 222 g/mol. The summed E-state index contributed by atoms with van der Waals surface area (Å²) < 4.78 is 11.0. The SMILES string of the molecule is c1nc(CNC2CC2)c(C2CCCOC2)o1. The quantitative estimate of drug-likeness (QED) is 0.844. The Kier molecular flexibility index (Phi) is 2.93. The summed E-state index contributed by atoms with van der Waals surface area (Å²) >= 11 is 0. The van der Waals surface area contributed by atoms with Crippen molar-refractivity contribution < 1.29 is 9.15 Å². The van der Waals surface area contributed by atoms with Crippen molar-refractivity contribution in [2.45, 2.75) is 44.2 Å². The van der Waals surface area contributed by atoms with Crippen molar-refractivity contribution >= 4 is 0 Å². The first-order chi connectivity index (χ1) is 7.93. The molecular weight excluding hydrogens is 204 g/mol. The van der Waals surface area contributed by atoms with Crippen molar-refractivity contribution in [1.29, 1.82) is 0 Å². The van der Waals surface area contributed by atoms with Crippen LogP contribution in [0.2, 0.25) is 0 Å². The zero-order chi connectivity index (χ0) is 10.8. The van der Waals surface area contributed by atoms with Crippen molar-refractivity contribution in [3.63, 3.8) is 0 Å². The third-order valence-corrected chi connectivity index (χ3v) is 3.34. The van der Waals surface area contributed by atoms with E-state index in [-0.39, 0.29) is 0 Å². The van der Waals surface area contributed by atoms with E-state index in [0.717, 1.165) is 44.1 Å². The van der Waals surface area contributed by atoms with E-state index in [1.165, 1.54) is 12.8 Å². The van der Waals surface area contributed by atoms with Crippen LogP contribution < -0.4 is 5.32 Å². The van der Waals surface area contributed by atoms with Crippen LogP contribution in [0.15, 0.2) is 10.8 Å². The zero-order valence-electron chi connectivity index (χ0n) is 9.45. The zero-order valence-corrected chi connectivity index (χ0v) is 9.45. The first kappa shape index (κ1) is 10.3. The van der Waals surface area contributed by atoms with Gasteiger partial charge in [0.25, 0.3) is 0 Å². The molecule has 1 aliphatic heterocycles. The normalized spacial score (nSPS) is 25.9. The third kappa shape index (κ3) is 2.28. The monoisotopic (exact) mass is 222 g/mol. The van der Waals surface area contributed by atoms with Crippen LogP contribution in [0.3, 0.4) is 0 Å². The maximum absolute atomic E-state index is 5.53. The van der Waals surface area contributed by atoms with E-state index in [1.54, 1.807) is 6.39 Å².